The van der Waals surface area contributed by atoms with Gasteiger partial charge in [-0.15, -0.1) is 22.7 Å². The minimum atomic E-state index is -0.991. The summed E-state index contributed by atoms with van der Waals surface area (Å²) in [6.45, 7) is 3.93. The Morgan fingerprint density at radius 3 is 1.72 bits per heavy atom. The summed E-state index contributed by atoms with van der Waals surface area (Å²) in [5.74, 6) is -0.991. The molecule has 1 unspecified atom stereocenters. The van der Waals surface area contributed by atoms with Crippen molar-refractivity contribution in [3.8, 4) is 22.5 Å². The van der Waals surface area contributed by atoms with Crippen molar-refractivity contribution >= 4 is 34.9 Å². The number of methoxy groups -OCH3 is 1. The average Bonchev–Trinajstić information content (AvgIpc) is 3.43. The molecule has 1 atom stereocenters. The van der Waals surface area contributed by atoms with Crippen LogP contribution in [0.1, 0.15) is 32.0 Å². The van der Waals surface area contributed by atoms with Gasteiger partial charge in [0.25, 0.3) is 0 Å². The number of aromatic nitrogens is 2. The van der Waals surface area contributed by atoms with Crippen molar-refractivity contribution in [1.29, 1.82) is 0 Å². The Bertz CT molecular complexity index is 1180. The number of aliphatic carboxylic acids is 1. The van der Waals surface area contributed by atoms with E-state index in [-0.39, 0.29) is 0 Å². The van der Waals surface area contributed by atoms with Crippen LogP contribution in [0.4, 0.5) is 0 Å². The first-order valence-corrected chi connectivity index (χ1v) is 11.4. The molecule has 8 heteroatoms. The van der Waals surface area contributed by atoms with Crippen LogP contribution in [0.15, 0.2) is 59.3 Å². The molecule has 0 spiro atoms. The van der Waals surface area contributed by atoms with Crippen LogP contribution in [0.2, 0.25) is 0 Å². The predicted octanol–water partition coefficient (Wildman–Crippen LogP) is 5.82. The van der Waals surface area contributed by atoms with E-state index >= 15 is 0 Å². The second-order valence-electron chi connectivity index (χ2n) is 6.82. The van der Waals surface area contributed by atoms with Crippen LogP contribution in [-0.4, -0.2) is 34.4 Å². The van der Waals surface area contributed by atoms with Gasteiger partial charge in [0, 0.05) is 34.6 Å². The topological polar surface area (TPSA) is 89.4 Å². The van der Waals surface area contributed by atoms with Gasteiger partial charge in [-0.25, -0.2) is 14.8 Å². The molecule has 4 rings (SSSR count). The highest BCUT2D eigenvalue weighted by atomic mass is 32.1. The van der Waals surface area contributed by atoms with Crippen LogP contribution in [0.3, 0.4) is 0 Å². The molecule has 4 aromatic rings. The van der Waals surface area contributed by atoms with Gasteiger partial charge in [-0.05, 0) is 19.4 Å². The smallest absolute Gasteiger partial charge is 0.337 e. The van der Waals surface area contributed by atoms with E-state index in [4.69, 9.17) is 9.84 Å². The maximum Gasteiger partial charge on any atom is 0.337 e. The minimum absolute atomic E-state index is 0.626. The Kier molecular flexibility index (Phi) is 7.99. The summed E-state index contributed by atoms with van der Waals surface area (Å²) in [6, 6.07) is 14.7. The number of hydrogen-bond acceptors (Lipinski definition) is 7. The highest BCUT2D eigenvalue weighted by molar-refractivity contribution is 7.10. The number of carboxylic acids is 1. The molecule has 0 radical (unpaired) electrons. The number of rotatable bonds is 6. The summed E-state index contributed by atoms with van der Waals surface area (Å²) in [6.07, 6.45) is -0.0768. The molecule has 0 fully saturated rings. The molecule has 0 aliphatic heterocycles. The van der Waals surface area contributed by atoms with Crippen molar-refractivity contribution in [3.05, 3.63) is 80.4 Å². The number of ether oxygens (including phenoxy) is 1. The van der Waals surface area contributed by atoms with Gasteiger partial charge in [-0.2, -0.15) is 0 Å². The van der Waals surface area contributed by atoms with Crippen molar-refractivity contribution in [1.82, 2.24) is 9.97 Å². The maximum atomic E-state index is 11.0. The quantitative estimate of drug-likeness (QED) is 0.360. The van der Waals surface area contributed by atoms with Crippen molar-refractivity contribution in [3.63, 3.8) is 0 Å². The lowest BCUT2D eigenvalue weighted by molar-refractivity contribution is -0.148. The van der Waals surface area contributed by atoms with Gasteiger partial charge in [0.05, 0.1) is 21.4 Å². The Morgan fingerprint density at radius 2 is 1.38 bits per heavy atom. The molecule has 164 valence electrons. The standard InChI is InChI=1S/C13H13NO3S.C11H9NOS/c1-8-14-11(7-18-8)9-3-5-10(6-4-9)12(17-2)13(15)16;1-8-12-11(7-14-8)10-4-2-9(6-13)3-5-10/h3-7,12H,1-2H3,(H,15,16);2-7H,1H3. The third kappa shape index (κ3) is 5.94. The first-order chi connectivity index (χ1) is 15.4. The zero-order chi connectivity index (χ0) is 23.1. The number of carbonyl (C=O) groups excluding carboxylic acids is 1. The molecular formula is C24H22N2O4S2. The average molecular weight is 467 g/mol. The van der Waals surface area contributed by atoms with Crippen LogP contribution in [0, 0.1) is 13.8 Å². The highest BCUT2D eigenvalue weighted by Gasteiger charge is 2.18. The van der Waals surface area contributed by atoms with Crippen LogP contribution in [-0.2, 0) is 9.53 Å². The highest BCUT2D eigenvalue weighted by Crippen LogP contribution is 2.25. The molecule has 0 saturated heterocycles. The number of benzene rings is 2. The second kappa shape index (κ2) is 10.9. The lowest BCUT2D eigenvalue weighted by Gasteiger charge is -2.10. The fourth-order valence-electron chi connectivity index (χ4n) is 2.93. The molecule has 0 amide bonds. The number of aryl methyl sites for hydroxylation is 2. The number of thiazole rings is 2. The van der Waals surface area contributed by atoms with E-state index in [9.17, 15) is 9.59 Å². The third-order valence-corrected chi connectivity index (χ3v) is 6.10. The summed E-state index contributed by atoms with van der Waals surface area (Å²) >= 11 is 3.22. The van der Waals surface area contributed by atoms with Gasteiger partial charge in [-0.3, -0.25) is 4.79 Å². The van der Waals surface area contributed by atoms with Gasteiger partial charge in [0.15, 0.2) is 6.10 Å². The minimum Gasteiger partial charge on any atom is -0.479 e. The van der Waals surface area contributed by atoms with E-state index in [0.717, 1.165) is 38.8 Å². The first kappa shape index (κ1) is 23.5. The van der Waals surface area contributed by atoms with Crippen LogP contribution in [0.5, 0.6) is 0 Å². The summed E-state index contributed by atoms with van der Waals surface area (Å²) in [7, 11) is 1.39. The number of nitrogens with zero attached hydrogens (tertiary/aromatic N) is 2. The van der Waals surface area contributed by atoms with E-state index in [1.165, 1.54) is 7.11 Å². The Hall–Kier alpha value is -3.20. The second-order valence-corrected chi connectivity index (χ2v) is 8.94. The van der Waals surface area contributed by atoms with Crippen molar-refractivity contribution in [2.75, 3.05) is 7.11 Å². The fraction of sp³-hybridized carbons (Fsp3) is 0.167. The van der Waals surface area contributed by atoms with Crippen LogP contribution in [0.25, 0.3) is 22.5 Å². The molecule has 2 aromatic heterocycles. The number of carbonyl (C=O) groups is 2. The molecule has 32 heavy (non-hydrogen) atoms. The van der Waals surface area contributed by atoms with Gasteiger partial charge in [0.1, 0.15) is 6.29 Å². The largest absolute Gasteiger partial charge is 0.479 e. The van der Waals surface area contributed by atoms with E-state index in [0.29, 0.717) is 11.1 Å². The van der Waals surface area contributed by atoms with Crippen molar-refractivity contribution < 1.29 is 19.4 Å². The van der Waals surface area contributed by atoms with Crippen molar-refractivity contribution in [2.45, 2.75) is 20.0 Å². The Morgan fingerprint density at radius 1 is 0.906 bits per heavy atom. The first-order valence-electron chi connectivity index (χ1n) is 9.67. The summed E-state index contributed by atoms with van der Waals surface area (Å²) in [4.78, 5) is 30.1. The molecule has 6 nitrogen and oxygen atoms in total. The van der Waals surface area contributed by atoms with E-state index in [2.05, 4.69) is 9.97 Å². The lowest BCUT2D eigenvalue weighted by Crippen LogP contribution is -2.13. The van der Waals surface area contributed by atoms with Crippen LogP contribution < -0.4 is 0 Å². The zero-order valence-electron chi connectivity index (χ0n) is 17.8. The van der Waals surface area contributed by atoms with Gasteiger partial charge in [0.2, 0.25) is 0 Å². The molecule has 2 aromatic carbocycles. The maximum absolute atomic E-state index is 11.0. The number of carboxylic acid groups (broad SMARTS) is 1. The van der Waals surface area contributed by atoms with Gasteiger partial charge < -0.3 is 9.84 Å². The van der Waals surface area contributed by atoms with Gasteiger partial charge >= 0.3 is 5.97 Å². The van der Waals surface area contributed by atoms with E-state index < -0.39 is 12.1 Å². The van der Waals surface area contributed by atoms with Crippen molar-refractivity contribution in [2.24, 2.45) is 0 Å². The van der Waals surface area contributed by atoms with E-state index in [1.807, 2.05) is 48.9 Å². The molecule has 2 heterocycles. The molecule has 0 aliphatic rings. The van der Waals surface area contributed by atoms with Crippen LogP contribution >= 0.6 is 22.7 Å². The molecule has 0 saturated carbocycles. The molecular weight excluding hydrogens is 444 g/mol. The summed E-state index contributed by atoms with van der Waals surface area (Å²) in [5.41, 5.74) is 5.24. The summed E-state index contributed by atoms with van der Waals surface area (Å²) in [5, 5.41) is 15.0. The summed E-state index contributed by atoms with van der Waals surface area (Å²) < 4.78 is 4.93. The third-order valence-electron chi connectivity index (χ3n) is 4.55. The lowest BCUT2D eigenvalue weighted by atomic mass is 10.1. The predicted molar refractivity (Wildman–Crippen MR) is 127 cm³/mol. The molecule has 0 aliphatic carbocycles. The molecule has 1 N–H and O–H groups in total. The Balaban J connectivity index is 0.000000186. The monoisotopic (exact) mass is 466 g/mol. The SMILES string of the molecule is COC(C(=O)O)c1ccc(-c2csc(C)n2)cc1.Cc1nc(-c2ccc(C=O)cc2)cs1. The van der Waals surface area contributed by atoms with Gasteiger partial charge in [-0.1, -0.05) is 48.5 Å². The van der Waals surface area contributed by atoms with E-state index in [1.54, 1.807) is 46.9 Å². The number of hydrogen-bond donors (Lipinski definition) is 1. The normalized spacial score (nSPS) is 11.3. The molecule has 0 bridgehead atoms. The zero-order valence-corrected chi connectivity index (χ0v) is 19.4. The number of aldehydes is 1. The Labute approximate surface area is 194 Å². The fourth-order valence-corrected chi connectivity index (χ4v) is 4.18.